The summed E-state index contributed by atoms with van der Waals surface area (Å²) < 4.78 is 5.57. The van der Waals surface area contributed by atoms with Crippen molar-refractivity contribution in [1.29, 1.82) is 0 Å². The standard InChI is InChI=1S/C27H22N2O3/c30-16-21(14-20-15-28-26-12-6-5-11-24(20)26)29-27(31)32-17-25-22-9-3-1-7-18(22)13-19-8-2-4-10-23(19)25/h1-13,15-16,21,28H,14,17H2,(H,29,31)/t21-/m0/s1. The van der Waals surface area contributed by atoms with Gasteiger partial charge in [0.25, 0.3) is 0 Å². The Morgan fingerprint density at radius 3 is 2.22 bits per heavy atom. The van der Waals surface area contributed by atoms with Crippen molar-refractivity contribution < 1.29 is 14.3 Å². The summed E-state index contributed by atoms with van der Waals surface area (Å²) >= 11 is 0. The van der Waals surface area contributed by atoms with Crippen LogP contribution < -0.4 is 5.32 Å². The van der Waals surface area contributed by atoms with E-state index < -0.39 is 12.1 Å². The Morgan fingerprint density at radius 1 is 0.906 bits per heavy atom. The molecule has 5 nitrogen and oxygen atoms in total. The van der Waals surface area contributed by atoms with Crippen molar-refractivity contribution in [2.75, 3.05) is 0 Å². The minimum Gasteiger partial charge on any atom is -0.445 e. The van der Waals surface area contributed by atoms with Gasteiger partial charge in [-0.1, -0.05) is 66.7 Å². The summed E-state index contributed by atoms with van der Waals surface area (Å²) in [6, 6.07) is 25.4. The number of carbonyl (C=O) groups is 2. The molecule has 2 N–H and O–H groups in total. The molecule has 0 fully saturated rings. The monoisotopic (exact) mass is 422 g/mol. The van der Waals surface area contributed by atoms with E-state index in [0.29, 0.717) is 6.42 Å². The second-order valence-corrected chi connectivity index (χ2v) is 7.82. The van der Waals surface area contributed by atoms with Gasteiger partial charge in [-0.2, -0.15) is 0 Å². The van der Waals surface area contributed by atoms with E-state index in [4.69, 9.17) is 4.74 Å². The third-order valence-corrected chi connectivity index (χ3v) is 5.81. The first kappa shape index (κ1) is 19.8. The summed E-state index contributed by atoms with van der Waals surface area (Å²) in [5.74, 6) is 0. The van der Waals surface area contributed by atoms with Crippen molar-refractivity contribution in [3.05, 3.63) is 96.2 Å². The van der Waals surface area contributed by atoms with Crippen molar-refractivity contribution in [2.24, 2.45) is 0 Å². The molecule has 0 radical (unpaired) electrons. The highest BCUT2D eigenvalue weighted by Gasteiger charge is 2.16. The van der Waals surface area contributed by atoms with Gasteiger partial charge in [-0.05, 0) is 39.2 Å². The molecule has 32 heavy (non-hydrogen) atoms. The lowest BCUT2D eigenvalue weighted by Crippen LogP contribution is -2.37. The molecule has 1 heterocycles. The number of ether oxygens (including phenoxy) is 1. The molecule has 5 aromatic rings. The van der Waals surface area contributed by atoms with Gasteiger partial charge in [-0.25, -0.2) is 4.79 Å². The molecule has 5 heteroatoms. The van der Waals surface area contributed by atoms with E-state index in [9.17, 15) is 9.59 Å². The van der Waals surface area contributed by atoms with Crippen LogP contribution >= 0.6 is 0 Å². The highest BCUT2D eigenvalue weighted by atomic mass is 16.5. The van der Waals surface area contributed by atoms with Gasteiger partial charge < -0.3 is 19.8 Å². The molecule has 1 amide bonds. The van der Waals surface area contributed by atoms with Gasteiger partial charge in [0.1, 0.15) is 12.9 Å². The van der Waals surface area contributed by atoms with E-state index in [1.165, 1.54) is 0 Å². The summed E-state index contributed by atoms with van der Waals surface area (Å²) in [7, 11) is 0. The van der Waals surface area contributed by atoms with Gasteiger partial charge in [-0.15, -0.1) is 0 Å². The van der Waals surface area contributed by atoms with Crippen molar-refractivity contribution in [2.45, 2.75) is 19.1 Å². The molecule has 0 saturated carbocycles. The fourth-order valence-electron chi connectivity index (χ4n) is 4.26. The first-order valence-electron chi connectivity index (χ1n) is 10.6. The van der Waals surface area contributed by atoms with Gasteiger partial charge in [0, 0.05) is 29.1 Å². The van der Waals surface area contributed by atoms with Crippen LogP contribution in [0.15, 0.2) is 85.1 Å². The van der Waals surface area contributed by atoms with Gasteiger partial charge >= 0.3 is 6.09 Å². The number of carbonyl (C=O) groups excluding carboxylic acids is 2. The molecule has 0 unspecified atom stereocenters. The summed E-state index contributed by atoms with van der Waals surface area (Å²) in [4.78, 5) is 27.4. The van der Waals surface area contributed by atoms with Gasteiger partial charge in [0.2, 0.25) is 0 Å². The topological polar surface area (TPSA) is 71.2 Å². The van der Waals surface area contributed by atoms with Crippen molar-refractivity contribution in [3.63, 3.8) is 0 Å². The second-order valence-electron chi connectivity index (χ2n) is 7.82. The summed E-state index contributed by atoms with van der Waals surface area (Å²) in [5.41, 5.74) is 2.92. The SMILES string of the molecule is O=C[C@H](Cc1c[nH]c2ccccc12)NC(=O)OCc1c2ccccc2cc2ccccc12. The lowest BCUT2D eigenvalue weighted by molar-refractivity contribution is -0.109. The van der Waals surface area contributed by atoms with Crippen molar-refractivity contribution in [3.8, 4) is 0 Å². The number of aromatic nitrogens is 1. The summed E-state index contributed by atoms with van der Waals surface area (Å²) in [5, 5.41) is 8.01. The Labute approximate surface area is 185 Å². The number of rotatable bonds is 6. The minimum absolute atomic E-state index is 0.117. The molecule has 0 aliphatic carbocycles. The Morgan fingerprint density at radius 2 is 1.53 bits per heavy atom. The van der Waals surface area contributed by atoms with E-state index in [1.807, 2.05) is 66.9 Å². The van der Waals surface area contributed by atoms with Crippen molar-refractivity contribution in [1.82, 2.24) is 10.3 Å². The third-order valence-electron chi connectivity index (χ3n) is 5.81. The molecular weight excluding hydrogens is 400 g/mol. The first-order chi connectivity index (χ1) is 15.7. The quantitative estimate of drug-likeness (QED) is 0.280. The average Bonchev–Trinajstić information content (AvgIpc) is 3.24. The highest BCUT2D eigenvalue weighted by Crippen LogP contribution is 2.29. The lowest BCUT2D eigenvalue weighted by atomic mass is 9.97. The number of nitrogens with one attached hydrogen (secondary N) is 2. The molecule has 1 atom stereocenters. The molecule has 0 bridgehead atoms. The zero-order valence-electron chi connectivity index (χ0n) is 17.4. The minimum atomic E-state index is -0.675. The first-order valence-corrected chi connectivity index (χ1v) is 10.6. The van der Waals surface area contributed by atoms with Crippen LogP contribution in [0.2, 0.25) is 0 Å². The zero-order valence-corrected chi connectivity index (χ0v) is 17.4. The zero-order chi connectivity index (χ0) is 21.9. The number of para-hydroxylation sites is 1. The third kappa shape index (κ3) is 3.81. The lowest BCUT2D eigenvalue weighted by Gasteiger charge is -2.15. The van der Waals surface area contributed by atoms with E-state index in [-0.39, 0.29) is 6.61 Å². The van der Waals surface area contributed by atoms with E-state index in [2.05, 4.69) is 28.5 Å². The molecule has 4 aromatic carbocycles. The predicted molar refractivity (Wildman–Crippen MR) is 127 cm³/mol. The molecule has 1 aromatic heterocycles. The number of H-pyrrole nitrogens is 1. The van der Waals surface area contributed by atoms with E-state index in [1.54, 1.807) is 0 Å². The maximum Gasteiger partial charge on any atom is 0.408 e. The summed E-state index contributed by atoms with van der Waals surface area (Å²) in [6.45, 7) is 0.117. The Balaban J connectivity index is 1.33. The fraction of sp³-hybridized carbons (Fsp3) is 0.111. The van der Waals surface area contributed by atoms with Gasteiger partial charge in [0.15, 0.2) is 0 Å². The molecule has 0 aliphatic rings. The van der Waals surface area contributed by atoms with Crippen LogP contribution in [0.25, 0.3) is 32.4 Å². The number of fused-ring (bicyclic) bond motifs is 3. The molecule has 158 valence electrons. The Bertz CT molecular complexity index is 1380. The Hall–Kier alpha value is -4.12. The van der Waals surface area contributed by atoms with Gasteiger partial charge in [0.05, 0.1) is 6.04 Å². The number of aldehydes is 1. The maximum absolute atomic E-state index is 12.5. The van der Waals surface area contributed by atoms with Crippen LogP contribution in [-0.4, -0.2) is 23.4 Å². The van der Waals surface area contributed by atoms with E-state index in [0.717, 1.165) is 49.9 Å². The number of alkyl carbamates (subject to hydrolysis) is 1. The molecule has 0 aliphatic heterocycles. The average molecular weight is 422 g/mol. The Kier molecular flexibility index (Phi) is 5.30. The number of amides is 1. The molecule has 0 saturated heterocycles. The number of hydrogen-bond donors (Lipinski definition) is 2. The van der Waals surface area contributed by atoms with E-state index >= 15 is 0 Å². The fourth-order valence-corrected chi connectivity index (χ4v) is 4.26. The van der Waals surface area contributed by atoms with Crippen LogP contribution in [0.3, 0.4) is 0 Å². The molecule has 5 rings (SSSR count). The van der Waals surface area contributed by atoms with Crippen molar-refractivity contribution >= 4 is 44.8 Å². The number of benzene rings is 4. The molecular formula is C27H22N2O3. The number of hydrogen-bond acceptors (Lipinski definition) is 3. The second kappa shape index (κ2) is 8.55. The normalized spacial score (nSPS) is 12.1. The smallest absolute Gasteiger partial charge is 0.408 e. The van der Waals surface area contributed by atoms with Crippen LogP contribution in [0.5, 0.6) is 0 Å². The number of aromatic amines is 1. The summed E-state index contributed by atoms with van der Waals surface area (Å²) in [6.07, 6.45) is 2.39. The highest BCUT2D eigenvalue weighted by molar-refractivity contribution is 6.02. The predicted octanol–water partition coefficient (Wildman–Crippen LogP) is 5.51. The van der Waals surface area contributed by atoms with Gasteiger partial charge in [-0.3, -0.25) is 0 Å². The van der Waals surface area contributed by atoms with Crippen LogP contribution in [0.4, 0.5) is 4.79 Å². The van der Waals surface area contributed by atoms with Crippen LogP contribution in [-0.2, 0) is 22.6 Å². The molecule has 0 spiro atoms. The maximum atomic E-state index is 12.5. The van der Waals surface area contributed by atoms with Crippen LogP contribution in [0, 0.1) is 0 Å². The largest absolute Gasteiger partial charge is 0.445 e. The van der Waals surface area contributed by atoms with Crippen LogP contribution in [0.1, 0.15) is 11.1 Å².